The van der Waals surface area contributed by atoms with Gasteiger partial charge in [-0.3, -0.25) is 10.1 Å². The van der Waals surface area contributed by atoms with Crippen molar-refractivity contribution in [1.29, 1.82) is 0 Å². The molecule has 0 spiro atoms. The zero-order chi connectivity index (χ0) is 10.4. The van der Waals surface area contributed by atoms with E-state index in [2.05, 4.69) is 5.32 Å². The van der Waals surface area contributed by atoms with Crippen molar-refractivity contribution in [3.05, 3.63) is 35.9 Å². The first-order chi connectivity index (χ1) is 6.74. The van der Waals surface area contributed by atoms with Gasteiger partial charge in [-0.05, 0) is 5.56 Å². The number of hydrogen-bond donors (Lipinski definition) is 3. The maximum Gasteiger partial charge on any atom is 0.317 e. The lowest BCUT2D eigenvalue weighted by atomic mass is 10.1. The van der Waals surface area contributed by atoms with E-state index in [1.54, 1.807) is 0 Å². The van der Waals surface area contributed by atoms with Gasteiger partial charge in [-0.25, -0.2) is 0 Å². The molecule has 0 amide bonds. The molecule has 1 rings (SSSR count). The molecule has 4 nitrogen and oxygen atoms in total. The van der Waals surface area contributed by atoms with Crippen LogP contribution in [0.2, 0.25) is 0 Å². The van der Waals surface area contributed by atoms with E-state index in [0.717, 1.165) is 5.56 Å². The number of carbonyl (C=O) groups is 1. The first kappa shape index (κ1) is 10.7. The molecular formula is C10H13NO3. The summed E-state index contributed by atoms with van der Waals surface area (Å²) in [6.07, 6.45) is 0. The normalized spacial score (nSPS) is 12.4. The van der Waals surface area contributed by atoms with Crippen molar-refractivity contribution in [3.8, 4) is 0 Å². The minimum atomic E-state index is -0.931. The van der Waals surface area contributed by atoms with E-state index >= 15 is 0 Å². The molecule has 0 bridgehead atoms. The second-order valence-electron chi connectivity index (χ2n) is 2.92. The van der Waals surface area contributed by atoms with Gasteiger partial charge in [-0.2, -0.15) is 0 Å². The number of hydrogen-bond acceptors (Lipinski definition) is 3. The van der Waals surface area contributed by atoms with Crippen molar-refractivity contribution in [2.24, 2.45) is 0 Å². The third-order valence-electron chi connectivity index (χ3n) is 1.88. The minimum Gasteiger partial charge on any atom is -0.480 e. The highest BCUT2D eigenvalue weighted by Gasteiger charge is 2.09. The Bertz CT molecular complexity index is 287. The lowest BCUT2D eigenvalue weighted by Crippen LogP contribution is -2.29. The summed E-state index contributed by atoms with van der Waals surface area (Å²) in [4.78, 5) is 10.3. The Morgan fingerprint density at radius 1 is 1.36 bits per heavy atom. The molecule has 0 saturated carbocycles. The highest BCUT2D eigenvalue weighted by Crippen LogP contribution is 2.10. The van der Waals surface area contributed by atoms with Crippen LogP contribution in [0.25, 0.3) is 0 Å². The summed E-state index contributed by atoms with van der Waals surface area (Å²) < 4.78 is 0. The SMILES string of the molecule is O=C(O)CNC(CO)c1ccccc1. The molecular weight excluding hydrogens is 182 g/mol. The van der Waals surface area contributed by atoms with Crippen molar-refractivity contribution in [3.63, 3.8) is 0 Å². The molecule has 4 heteroatoms. The summed E-state index contributed by atoms with van der Waals surface area (Å²) in [5.74, 6) is -0.931. The lowest BCUT2D eigenvalue weighted by Gasteiger charge is -2.14. The molecule has 1 unspecified atom stereocenters. The zero-order valence-electron chi connectivity index (χ0n) is 7.68. The van der Waals surface area contributed by atoms with Gasteiger partial charge >= 0.3 is 5.97 Å². The van der Waals surface area contributed by atoms with Crippen LogP contribution in [0, 0.1) is 0 Å². The van der Waals surface area contributed by atoms with Gasteiger partial charge in [0.05, 0.1) is 19.2 Å². The fraction of sp³-hybridized carbons (Fsp3) is 0.300. The number of rotatable bonds is 5. The van der Waals surface area contributed by atoms with Crippen LogP contribution in [0.1, 0.15) is 11.6 Å². The summed E-state index contributed by atoms with van der Waals surface area (Å²) in [5.41, 5.74) is 0.885. The first-order valence-corrected chi connectivity index (χ1v) is 4.35. The van der Waals surface area contributed by atoms with E-state index in [0.29, 0.717) is 0 Å². The van der Waals surface area contributed by atoms with Crippen molar-refractivity contribution >= 4 is 5.97 Å². The molecule has 0 aliphatic carbocycles. The monoisotopic (exact) mass is 195 g/mol. The van der Waals surface area contributed by atoms with Crippen LogP contribution in [0.15, 0.2) is 30.3 Å². The van der Waals surface area contributed by atoms with Gasteiger partial charge in [-0.15, -0.1) is 0 Å². The van der Waals surface area contributed by atoms with Gasteiger partial charge in [0, 0.05) is 0 Å². The van der Waals surface area contributed by atoms with E-state index in [1.807, 2.05) is 30.3 Å². The largest absolute Gasteiger partial charge is 0.480 e. The van der Waals surface area contributed by atoms with Crippen LogP contribution in [0.3, 0.4) is 0 Å². The molecule has 1 aromatic rings. The smallest absolute Gasteiger partial charge is 0.317 e. The van der Waals surface area contributed by atoms with Crippen molar-refractivity contribution in [1.82, 2.24) is 5.32 Å². The predicted molar refractivity (Wildman–Crippen MR) is 51.9 cm³/mol. The molecule has 0 heterocycles. The number of nitrogens with one attached hydrogen (secondary N) is 1. The van der Waals surface area contributed by atoms with E-state index in [9.17, 15) is 4.79 Å². The standard InChI is InChI=1S/C10H13NO3/c12-7-9(11-6-10(13)14)8-4-2-1-3-5-8/h1-5,9,11-12H,6-7H2,(H,13,14). The average molecular weight is 195 g/mol. The Morgan fingerprint density at radius 3 is 2.50 bits per heavy atom. The summed E-state index contributed by atoms with van der Waals surface area (Å²) in [5, 5.41) is 20.2. The second kappa shape index (κ2) is 5.36. The predicted octanol–water partition coefficient (Wildman–Crippen LogP) is 0.394. The van der Waals surface area contributed by atoms with Gasteiger partial charge in [0.1, 0.15) is 0 Å². The highest BCUT2D eigenvalue weighted by molar-refractivity contribution is 5.69. The van der Waals surface area contributed by atoms with Crippen molar-refractivity contribution in [2.45, 2.75) is 6.04 Å². The average Bonchev–Trinajstić information content (AvgIpc) is 2.20. The molecule has 0 saturated heterocycles. The molecule has 0 aromatic heterocycles. The first-order valence-electron chi connectivity index (χ1n) is 4.35. The Hall–Kier alpha value is -1.39. The third kappa shape index (κ3) is 3.16. The van der Waals surface area contributed by atoms with E-state index in [1.165, 1.54) is 0 Å². The lowest BCUT2D eigenvalue weighted by molar-refractivity contribution is -0.136. The van der Waals surface area contributed by atoms with Gasteiger partial charge in [-0.1, -0.05) is 30.3 Å². The summed E-state index contributed by atoms with van der Waals surface area (Å²) in [6, 6.07) is 8.94. The van der Waals surface area contributed by atoms with Gasteiger partial charge in [0.2, 0.25) is 0 Å². The Labute approximate surface area is 82.2 Å². The highest BCUT2D eigenvalue weighted by atomic mass is 16.4. The van der Waals surface area contributed by atoms with Gasteiger partial charge in [0.25, 0.3) is 0 Å². The van der Waals surface area contributed by atoms with Gasteiger partial charge < -0.3 is 10.2 Å². The van der Waals surface area contributed by atoms with Crippen LogP contribution in [-0.4, -0.2) is 29.3 Å². The van der Waals surface area contributed by atoms with Crippen LogP contribution >= 0.6 is 0 Å². The van der Waals surface area contributed by atoms with Crippen LogP contribution in [-0.2, 0) is 4.79 Å². The second-order valence-corrected chi connectivity index (χ2v) is 2.92. The number of aliphatic hydroxyl groups is 1. The number of carboxylic acid groups (broad SMARTS) is 1. The maximum atomic E-state index is 10.3. The maximum absolute atomic E-state index is 10.3. The molecule has 3 N–H and O–H groups in total. The van der Waals surface area contributed by atoms with E-state index < -0.39 is 5.97 Å². The number of carboxylic acids is 1. The minimum absolute atomic E-state index is 0.114. The molecule has 76 valence electrons. The zero-order valence-corrected chi connectivity index (χ0v) is 7.68. The molecule has 0 aliphatic heterocycles. The quantitative estimate of drug-likeness (QED) is 0.636. The van der Waals surface area contributed by atoms with Crippen molar-refractivity contribution < 1.29 is 15.0 Å². The molecule has 0 aliphatic rings. The molecule has 1 atom stereocenters. The number of aliphatic hydroxyl groups excluding tert-OH is 1. The topological polar surface area (TPSA) is 69.6 Å². The number of benzene rings is 1. The van der Waals surface area contributed by atoms with Crippen LogP contribution in [0.4, 0.5) is 0 Å². The number of aliphatic carboxylic acids is 1. The Kier molecular flexibility index (Phi) is 4.10. The Balaban J connectivity index is 2.58. The van der Waals surface area contributed by atoms with E-state index in [-0.39, 0.29) is 19.2 Å². The molecule has 14 heavy (non-hydrogen) atoms. The van der Waals surface area contributed by atoms with Crippen LogP contribution in [0.5, 0.6) is 0 Å². The summed E-state index contributed by atoms with van der Waals surface area (Å²) in [6.45, 7) is -0.266. The fourth-order valence-electron chi connectivity index (χ4n) is 1.18. The fourth-order valence-corrected chi connectivity index (χ4v) is 1.18. The third-order valence-corrected chi connectivity index (χ3v) is 1.88. The Morgan fingerprint density at radius 2 is 2.00 bits per heavy atom. The summed E-state index contributed by atoms with van der Waals surface area (Å²) >= 11 is 0. The summed E-state index contributed by atoms with van der Waals surface area (Å²) in [7, 11) is 0. The van der Waals surface area contributed by atoms with Gasteiger partial charge in [0.15, 0.2) is 0 Å². The van der Waals surface area contributed by atoms with E-state index in [4.69, 9.17) is 10.2 Å². The molecule has 1 aromatic carbocycles. The molecule has 0 radical (unpaired) electrons. The van der Waals surface area contributed by atoms with Crippen molar-refractivity contribution in [2.75, 3.05) is 13.2 Å². The molecule has 0 fully saturated rings. The van der Waals surface area contributed by atoms with Crippen LogP contribution < -0.4 is 5.32 Å².